The maximum Gasteiger partial charge on any atom is 0.312 e. The van der Waals surface area contributed by atoms with Crippen LogP contribution in [0.3, 0.4) is 0 Å². The number of hydrogen-bond acceptors (Lipinski definition) is 5. The van der Waals surface area contributed by atoms with Gasteiger partial charge in [0.05, 0.1) is 11.2 Å². The molecule has 17 heavy (non-hydrogen) atoms. The molecule has 0 aromatic rings. The third kappa shape index (κ3) is 3.67. The van der Waals surface area contributed by atoms with Crippen LogP contribution in [-0.2, 0) is 23.8 Å². The molecule has 1 aliphatic rings. The van der Waals surface area contributed by atoms with Crippen LogP contribution in [0.2, 0.25) is 0 Å². The van der Waals surface area contributed by atoms with Gasteiger partial charge in [-0.3, -0.25) is 8.98 Å². The predicted molar refractivity (Wildman–Crippen MR) is 62.9 cm³/mol. The summed E-state index contributed by atoms with van der Waals surface area (Å²) in [6, 6.07) is 0. The molecule has 1 saturated heterocycles. The molecule has 1 rings (SSSR count). The van der Waals surface area contributed by atoms with Crippen molar-refractivity contribution >= 4 is 16.1 Å². The Morgan fingerprint density at radius 1 is 1.47 bits per heavy atom. The molecule has 0 amide bonds. The van der Waals surface area contributed by atoms with Crippen molar-refractivity contribution in [2.45, 2.75) is 46.1 Å². The van der Waals surface area contributed by atoms with Gasteiger partial charge in [-0.1, -0.05) is 6.92 Å². The first-order valence-electron chi connectivity index (χ1n) is 5.71. The maximum absolute atomic E-state index is 11.9. The summed E-state index contributed by atoms with van der Waals surface area (Å²) in [7, 11) is -3.42. The van der Waals surface area contributed by atoms with Crippen molar-refractivity contribution in [1.29, 1.82) is 0 Å². The molecule has 0 aromatic carbocycles. The van der Waals surface area contributed by atoms with Crippen LogP contribution in [0.15, 0.2) is 0 Å². The summed E-state index contributed by atoms with van der Waals surface area (Å²) in [6.45, 7) is 7.12. The van der Waals surface area contributed by atoms with E-state index in [1.165, 1.54) is 0 Å². The van der Waals surface area contributed by atoms with Crippen molar-refractivity contribution in [3.05, 3.63) is 0 Å². The normalized spacial score (nSPS) is 28.7. The van der Waals surface area contributed by atoms with Crippen LogP contribution in [-0.4, -0.2) is 32.3 Å². The molecule has 1 atom stereocenters. The molecule has 0 radical (unpaired) electrons. The van der Waals surface area contributed by atoms with Gasteiger partial charge in [0.25, 0.3) is 10.1 Å². The highest BCUT2D eigenvalue weighted by molar-refractivity contribution is 7.86. The van der Waals surface area contributed by atoms with E-state index < -0.39 is 21.1 Å². The van der Waals surface area contributed by atoms with Crippen LogP contribution in [0.4, 0.5) is 0 Å². The molecule has 0 aromatic heterocycles. The summed E-state index contributed by atoms with van der Waals surface area (Å²) in [5, 5.41) is 0. The summed E-state index contributed by atoms with van der Waals surface area (Å²) in [4.78, 5) is 11.9. The molecule has 0 saturated carbocycles. The van der Waals surface area contributed by atoms with Gasteiger partial charge in [-0.2, -0.15) is 8.42 Å². The van der Waals surface area contributed by atoms with Crippen molar-refractivity contribution in [2.24, 2.45) is 5.41 Å². The lowest BCUT2D eigenvalue weighted by Crippen LogP contribution is -2.46. The number of esters is 1. The van der Waals surface area contributed by atoms with Crippen molar-refractivity contribution in [3.8, 4) is 0 Å². The molecule has 100 valence electrons. The summed E-state index contributed by atoms with van der Waals surface area (Å²) in [5.41, 5.74) is -1.39. The number of carbonyl (C=O) groups excluding carboxylic acids is 1. The van der Waals surface area contributed by atoms with E-state index >= 15 is 0 Å². The average molecular weight is 264 g/mol. The predicted octanol–water partition coefficient (Wildman–Crippen LogP) is 1.47. The van der Waals surface area contributed by atoms with Gasteiger partial charge in [0, 0.05) is 6.42 Å². The monoisotopic (exact) mass is 264 g/mol. The Kier molecular flexibility index (Phi) is 3.88. The minimum absolute atomic E-state index is 0.0964. The van der Waals surface area contributed by atoms with E-state index in [2.05, 4.69) is 0 Å². The van der Waals surface area contributed by atoms with Crippen molar-refractivity contribution in [1.82, 2.24) is 0 Å². The summed E-state index contributed by atoms with van der Waals surface area (Å²) >= 11 is 0. The van der Waals surface area contributed by atoms with Crippen molar-refractivity contribution in [2.75, 3.05) is 12.4 Å². The summed E-state index contributed by atoms with van der Waals surface area (Å²) in [6.07, 6.45) is 0.946. The van der Waals surface area contributed by atoms with Crippen LogP contribution < -0.4 is 0 Å². The number of hydrogen-bond donors (Lipinski definition) is 0. The fourth-order valence-corrected chi connectivity index (χ4v) is 2.50. The number of carbonyl (C=O) groups is 1. The van der Waals surface area contributed by atoms with Gasteiger partial charge in [0.15, 0.2) is 0 Å². The molecule has 0 aliphatic carbocycles. The van der Waals surface area contributed by atoms with Gasteiger partial charge in [-0.25, -0.2) is 0 Å². The zero-order valence-corrected chi connectivity index (χ0v) is 11.6. The molecule has 1 aliphatic heterocycles. The fourth-order valence-electron chi connectivity index (χ4n) is 1.27. The van der Waals surface area contributed by atoms with E-state index in [0.29, 0.717) is 6.42 Å². The van der Waals surface area contributed by atoms with E-state index in [1.807, 2.05) is 6.92 Å². The molecule has 6 heteroatoms. The second-order valence-corrected chi connectivity index (χ2v) is 7.11. The minimum atomic E-state index is -3.42. The molecule has 1 fully saturated rings. The van der Waals surface area contributed by atoms with Gasteiger partial charge in [0.1, 0.15) is 12.2 Å². The van der Waals surface area contributed by atoms with E-state index in [4.69, 9.17) is 8.92 Å². The fraction of sp³-hybridized carbons (Fsp3) is 0.909. The standard InChI is InChI=1S/C11H20O5S/c1-5-10(2,3)9(12)16-11(4)6-7-17(13,14)15-8-11/h5-8H2,1-4H3. The van der Waals surface area contributed by atoms with Crippen molar-refractivity contribution < 1.29 is 22.1 Å². The Hall–Kier alpha value is -0.620. The molecular formula is C11H20O5S. The first kappa shape index (κ1) is 14.4. The Bertz CT molecular complexity index is 382. The van der Waals surface area contributed by atoms with Gasteiger partial charge in [0.2, 0.25) is 0 Å². The van der Waals surface area contributed by atoms with E-state index in [1.54, 1.807) is 20.8 Å². The summed E-state index contributed by atoms with van der Waals surface area (Å²) in [5.74, 6) is -0.422. The molecule has 0 bridgehead atoms. The van der Waals surface area contributed by atoms with E-state index in [-0.39, 0.29) is 24.7 Å². The lowest BCUT2D eigenvalue weighted by molar-refractivity contribution is -0.173. The second kappa shape index (κ2) is 4.57. The molecule has 0 N–H and O–H groups in total. The highest BCUT2D eigenvalue weighted by atomic mass is 32.2. The third-order valence-corrected chi connectivity index (χ3v) is 4.38. The van der Waals surface area contributed by atoms with Crippen LogP contribution in [0.1, 0.15) is 40.5 Å². The zero-order chi connectivity index (χ0) is 13.3. The topological polar surface area (TPSA) is 69.7 Å². The first-order valence-corrected chi connectivity index (χ1v) is 7.28. The van der Waals surface area contributed by atoms with Gasteiger partial charge < -0.3 is 4.74 Å². The SMILES string of the molecule is CCC(C)(C)C(=O)OC1(C)CCS(=O)(=O)OC1. The molecule has 0 spiro atoms. The minimum Gasteiger partial charge on any atom is -0.456 e. The van der Waals surface area contributed by atoms with Crippen LogP contribution in [0.25, 0.3) is 0 Å². The molecule has 1 heterocycles. The van der Waals surface area contributed by atoms with Crippen LogP contribution in [0, 0.1) is 5.41 Å². The largest absolute Gasteiger partial charge is 0.456 e. The van der Waals surface area contributed by atoms with Gasteiger partial charge in [-0.15, -0.1) is 0 Å². The Labute approximate surface area is 103 Å². The molecule has 5 nitrogen and oxygen atoms in total. The third-order valence-electron chi connectivity index (χ3n) is 3.20. The second-order valence-electron chi connectivity index (χ2n) is 5.35. The summed E-state index contributed by atoms with van der Waals surface area (Å²) < 4.78 is 32.4. The van der Waals surface area contributed by atoms with E-state index in [0.717, 1.165) is 0 Å². The number of rotatable bonds is 3. The Balaban J connectivity index is 2.67. The quantitative estimate of drug-likeness (QED) is 0.570. The number of ether oxygens (including phenoxy) is 1. The lowest BCUT2D eigenvalue weighted by atomic mass is 9.90. The van der Waals surface area contributed by atoms with Crippen LogP contribution >= 0.6 is 0 Å². The average Bonchev–Trinajstić information content (AvgIpc) is 2.23. The Morgan fingerprint density at radius 2 is 2.06 bits per heavy atom. The van der Waals surface area contributed by atoms with Gasteiger partial charge >= 0.3 is 5.97 Å². The Morgan fingerprint density at radius 3 is 2.47 bits per heavy atom. The first-order chi connectivity index (χ1) is 7.60. The van der Waals surface area contributed by atoms with Gasteiger partial charge in [-0.05, 0) is 27.2 Å². The van der Waals surface area contributed by atoms with Crippen LogP contribution in [0.5, 0.6) is 0 Å². The maximum atomic E-state index is 11.9. The lowest BCUT2D eigenvalue weighted by Gasteiger charge is -2.35. The highest BCUT2D eigenvalue weighted by Crippen LogP contribution is 2.29. The molecular weight excluding hydrogens is 244 g/mol. The smallest absolute Gasteiger partial charge is 0.312 e. The van der Waals surface area contributed by atoms with E-state index in [9.17, 15) is 13.2 Å². The zero-order valence-electron chi connectivity index (χ0n) is 10.8. The highest BCUT2D eigenvalue weighted by Gasteiger charge is 2.40. The molecule has 1 unspecified atom stereocenters. The van der Waals surface area contributed by atoms with Crippen molar-refractivity contribution in [3.63, 3.8) is 0 Å².